The molecular formula is C19H25N5O2. The molecule has 0 amide bonds. The van der Waals surface area contributed by atoms with Crippen molar-refractivity contribution in [2.75, 3.05) is 0 Å². The summed E-state index contributed by atoms with van der Waals surface area (Å²) in [5, 5.41) is 17.3. The molecule has 0 saturated carbocycles. The Morgan fingerprint density at radius 1 is 1.27 bits per heavy atom. The molecule has 7 heteroatoms. The standard InChI is InChI=1S/C19H23N5O2.H2/c1-10-21-22-17(25-10)14-12-6-7-13-18(2,3)16-11(9-20-26-16)8-19(13,4)15(12)23-24(14)5;/h9,13H,6-8H2,1-5H3;1H. The van der Waals surface area contributed by atoms with Gasteiger partial charge in [0.1, 0.15) is 11.5 Å². The van der Waals surface area contributed by atoms with Crippen LogP contribution in [0.3, 0.4) is 0 Å². The Bertz CT molecular complexity index is 1020. The summed E-state index contributed by atoms with van der Waals surface area (Å²) >= 11 is 0. The fourth-order valence-corrected chi connectivity index (χ4v) is 5.53. The van der Waals surface area contributed by atoms with Gasteiger partial charge in [0.15, 0.2) is 0 Å². The van der Waals surface area contributed by atoms with E-state index in [2.05, 4.69) is 36.1 Å². The second-order valence-electron chi connectivity index (χ2n) is 8.51. The van der Waals surface area contributed by atoms with Crippen LogP contribution in [0.4, 0.5) is 0 Å². The molecule has 3 aromatic heterocycles. The summed E-state index contributed by atoms with van der Waals surface area (Å²) in [6.07, 6.45) is 4.79. The van der Waals surface area contributed by atoms with Gasteiger partial charge >= 0.3 is 0 Å². The fourth-order valence-electron chi connectivity index (χ4n) is 5.53. The quantitative estimate of drug-likeness (QED) is 0.665. The van der Waals surface area contributed by atoms with Crippen LogP contribution >= 0.6 is 0 Å². The van der Waals surface area contributed by atoms with E-state index >= 15 is 0 Å². The zero-order chi connectivity index (χ0) is 18.3. The molecule has 0 aliphatic heterocycles. The molecule has 3 heterocycles. The van der Waals surface area contributed by atoms with Gasteiger partial charge in [-0.2, -0.15) is 5.10 Å². The van der Waals surface area contributed by atoms with Crippen LogP contribution in [0.15, 0.2) is 15.1 Å². The SMILES string of the molecule is Cc1nnc(-c2c3c(nn2C)C2(C)Cc4cnoc4C(C)(C)C2CC3)o1.[HH]. The highest BCUT2D eigenvalue weighted by Crippen LogP contribution is 2.56. The molecule has 2 unspecified atom stereocenters. The third-order valence-corrected chi connectivity index (χ3v) is 6.53. The van der Waals surface area contributed by atoms with E-state index in [0.717, 1.165) is 36.4 Å². The summed E-state index contributed by atoms with van der Waals surface area (Å²) in [5.74, 6) is 2.60. The molecule has 0 saturated heterocycles. The van der Waals surface area contributed by atoms with Crippen LogP contribution in [0, 0.1) is 12.8 Å². The van der Waals surface area contributed by atoms with Crippen molar-refractivity contribution in [1.29, 1.82) is 0 Å². The van der Waals surface area contributed by atoms with Crippen molar-refractivity contribution >= 4 is 0 Å². The first-order chi connectivity index (χ1) is 12.3. The van der Waals surface area contributed by atoms with Crippen molar-refractivity contribution in [2.24, 2.45) is 13.0 Å². The molecule has 3 aromatic rings. The number of aromatic nitrogens is 5. The zero-order valence-corrected chi connectivity index (χ0v) is 15.8. The minimum atomic E-state index is -0.0741. The third kappa shape index (κ3) is 1.83. The number of fused-ring (bicyclic) bond motifs is 4. The monoisotopic (exact) mass is 355 g/mol. The van der Waals surface area contributed by atoms with Gasteiger partial charge < -0.3 is 8.94 Å². The maximum absolute atomic E-state index is 5.72. The number of nitrogens with zero attached hydrogens (tertiary/aromatic N) is 5. The van der Waals surface area contributed by atoms with Gasteiger partial charge in [-0.15, -0.1) is 10.2 Å². The molecule has 2 atom stereocenters. The summed E-state index contributed by atoms with van der Waals surface area (Å²) in [7, 11) is 1.96. The number of rotatable bonds is 1. The topological polar surface area (TPSA) is 82.8 Å². The van der Waals surface area contributed by atoms with Crippen molar-refractivity contribution in [3.8, 4) is 11.6 Å². The Labute approximate surface area is 153 Å². The summed E-state index contributed by atoms with van der Waals surface area (Å²) in [6, 6.07) is 0. The smallest absolute Gasteiger partial charge is 0.266 e. The molecule has 7 nitrogen and oxygen atoms in total. The highest BCUT2D eigenvalue weighted by Gasteiger charge is 2.56. The Morgan fingerprint density at radius 3 is 2.81 bits per heavy atom. The van der Waals surface area contributed by atoms with Crippen molar-refractivity contribution in [3.63, 3.8) is 0 Å². The van der Waals surface area contributed by atoms with E-state index in [1.165, 1.54) is 11.1 Å². The summed E-state index contributed by atoms with van der Waals surface area (Å²) in [5.41, 5.74) is 4.40. The Kier molecular flexibility index (Phi) is 2.94. The van der Waals surface area contributed by atoms with E-state index in [0.29, 0.717) is 17.7 Å². The minimum absolute atomic E-state index is 0. The second kappa shape index (κ2) is 4.84. The van der Waals surface area contributed by atoms with Gasteiger partial charge in [-0.25, -0.2) is 0 Å². The predicted molar refractivity (Wildman–Crippen MR) is 95.7 cm³/mol. The zero-order valence-electron chi connectivity index (χ0n) is 15.8. The van der Waals surface area contributed by atoms with E-state index < -0.39 is 0 Å². The lowest BCUT2D eigenvalue weighted by atomic mass is 9.51. The molecular weight excluding hydrogens is 330 g/mol. The lowest BCUT2D eigenvalue weighted by molar-refractivity contribution is 0.109. The Balaban J connectivity index is 0.00000180. The molecule has 0 radical (unpaired) electrons. The van der Waals surface area contributed by atoms with Crippen molar-refractivity contribution < 1.29 is 10.4 Å². The predicted octanol–water partition coefficient (Wildman–Crippen LogP) is 3.37. The third-order valence-electron chi connectivity index (χ3n) is 6.53. The molecule has 2 aliphatic carbocycles. The normalized spacial score (nSPS) is 26.3. The molecule has 0 fully saturated rings. The average Bonchev–Trinajstić information content (AvgIpc) is 3.26. The summed E-state index contributed by atoms with van der Waals surface area (Å²) in [4.78, 5) is 0. The molecule has 2 aliphatic rings. The minimum Gasteiger partial charge on any atom is -0.420 e. The van der Waals surface area contributed by atoms with Crippen LogP contribution in [-0.2, 0) is 30.7 Å². The van der Waals surface area contributed by atoms with Crippen molar-refractivity contribution in [2.45, 2.75) is 57.8 Å². The maximum atomic E-state index is 5.72. The van der Waals surface area contributed by atoms with Gasteiger partial charge in [0.2, 0.25) is 5.89 Å². The molecule has 5 rings (SSSR count). The van der Waals surface area contributed by atoms with E-state index in [1.54, 1.807) is 0 Å². The molecule has 0 aromatic carbocycles. The van der Waals surface area contributed by atoms with E-state index in [-0.39, 0.29) is 12.3 Å². The number of hydrogen-bond acceptors (Lipinski definition) is 6. The Morgan fingerprint density at radius 2 is 2.08 bits per heavy atom. The molecule has 138 valence electrons. The average molecular weight is 355 g/mol. The van der Waals surface area contributed by atoms with Gasteiger partial charge in [0.25, 0.3) is 5.89 Å². The van der Waals surface area contributed by atoms with E-state index in [9.17, 15) is 0 Å². The molecule has 0 N–H and O–H groups in total. The molecule has 26 heavy (non-hydrogen) atoms. The first-order valence-corrected chi connectivity index (χ1v) is 9.13. The maximum Gasteiger partial charge on any atom is 0.266 e. The van der Waals surface area contributed by atoms with Crippen LogP contribution in [0.2, 0.25) is 0 Å². The Hall–Kier alpha value is -2.44. The van der Waals surface area contributed by atoms with Gasteiger partial charge in [-0.1, -0.05) is 25.9 Å². The number of aryl methyl sites for hydroxylation is 2. The van der Waals surface area contributed by atoms with Crippen LogP contribution < -0.4 is 0 Å². The van der Waals surface area contributed by atoms with Crippen LogP contribution in [0.25, 0.3) is 11.6 Å². The lowest BCUT2D eigenvalue weighted by Crippen LogP contribution is -2.51. The van der Waals surface area contributed by atoms with Crippen molar-refractivity contribution in [1.82, 2.24) is 25.1 Å². The number of hydrogen-bond donors (Lipinski definition) is 0. The first-order valence-electron chi connectivity index (χ1n) is 9.13. The van der Waals surface area contributed by atoms with Crippen molar-refractivity contribution in [3.05, 3.63) is 34.7 Å². The van der Waals surface area contributed by atoms with Crippen LogP contribution in [0.1, 0.15) is 57.1 Å². The lowest BCUT2D eigenvalue weighted by Gasteiger charge is -2.51. The van der Waals surface area contributed by atoms with Crippen LogP contribution in [-0.4, -0.2) is 25.1 Å². The largest absolute Gasteiger partial charge is 0.420 e. The van der Waals surface area contributed by atoms with Gasteiger partial charge in [0, 0.05) is 37.4 Å². The van der Waals surface area contributed by atoms with Crippen LogP contribution in [0.5, 0.6) is 0 Å². The van der Waals surface area contributed by atoms with E-state index in [4.69, 9.17) is 14.0 Å². The van der Waals surface area contributed by atoms with Gasteiger partial charge in [-0.3, -0.25) is 4.68 Å². The van der Waals surface area contributed by atoms with Gasteiger partial charge in [0.05, 0.1) is 11.9 Å². The second-order valence-corrected chi connectivity index (χ2v) is 8.51. The highest BCUT2D eigenvalue weighted by molar-refractivity contribution is 5.58. The fraction of sp³-hybridized carbons (Fsp3) is 0.579. The summed E-state index contributed by atoms with van der Waals surface area (Å²) in [6.45, 7) is 8.70. The summed E-state index contributed by atoms with van der Waals surface area (Å²) < 4.78 is 13.3. The molecule has 0 spiro atoms. The van der Waals surface area contributed by atoms with E-state index in [1.807, 2.05) is 24.9 Å². The van der Waals surface area contributed by atoms with Gasteiger partial charge in [-0.05, 0) is 25.2 Å². The first kappa shape index (κ1) is 15.8. The molecule has 0 bridgehead atoms. The highest BCUT2D eigenvalue weighted by atomic mass is 16.5.